The zero-order valence-electron chi connectivity index (χ0n) is 13.4. The fourth-order valence-corrected chi connectivity index (χ4v) is 2.73. The van der Waals surface area contributed by atoms with Crippen molar-refractivity contribution in [2.45, 2.75) is 13.0 Å². The lowest BCUT2D eigenvalue weighted by Crippen LogP contribution is -2.37. The first kappa shape index (κ1) is 20.2. The molecule has 0 unspecified atom stereocenters. The van der Waals surface area contributed by atoms with Gasteiger partial charge in [-0.1, -0.05) is 23.7 Å². The summed E-state index contributed by atoms with van der Waals surface area (Å²) >= 11 is 6.10. The van der Waals surface area contributed by atoms with Crippen LogP contribution in [0.1, 0.15) is 17.2 Å². The normalized spacial score (nSPS) is 21.2. The van der Waals surface area contributed by atoms with E-state index in [0.29, 0.717) is 13.2 Å². The fourth-order valence-electron chi connectivity index (χ4n) is 2.61. The third-order valence-electron chi connectivity index (χ3n) is 3.76. The molecule has 7 heteroatoms. The second-order valence-corrected chi connectivity index (χ2v) is 5.91. The number of rotatable bonds is 5. The van der Waals surface area contributed by atoms with E-state index < -0.39 is 0 Å². The number of nitrogens with one attached hydrogen (secondary N) is 2. The van der Waals surface area contributed by atoms with Gasteiger partial charge in [0.1, 0.15) is 6.61 Å². The molecule has 1 aliphatic rings. The SMILES string of the molecule is COCC(=O)NC[C@H]1CNCCO[C@@H]1c1ccc(Cl)c(C)c1.Cl. The Morgan fingerprint density at radius 2 is 2.30 bits per heavy atom. The van der Waals surface area contributed by atoms with Gasteiger partial charge in [-0.3, -0.25) is 4.79 Å². The highest BCUT2D eigenvalue weighted by Gasteiger charge is 2.26. The van der Waals surface area contributed by atoms with Gasteiger partial charge >= 0.3 is 0 Å². The van der Waals surface area contributed by atoms with E-state index in [1.54, 1.807) is 0 Å². The standard InChI is InChI=1S/C16H23ClN2O3.ClH/c1-11-7-12(3-4-14(11)17)16-13(8-18-5-6-22-16)9-19-15(20)10-21-2;/h3-4,7,13,16,18H,5-6,8-10H2,1-2H3,(H,19,20);1H/t13-,16-;/m1./s1. The van der Waals surface area contributed by atoms with Crippen molar-refractivity contribution in [2.75, 3.05) is 40.0 Å². The highest BCUT2D eigenvalue weighted by atomic mass is 35.5. The van der Waals surface area contributed by atoms with Crippen LogP contribution in [0.5, 0.6) is 0 Å². The first-order chi connectivity index (χ1) is 10.6. The van der Waals surface area contributed by atoms with E-state index in [1.807, 2.05) is 19.1 Å². The summed E-state index contributed by atoms with van der Waals surface area (Å²) in [5.74, 6) is 0.0432. The molecular formula is C16H24Cl2N2O3. The molecule has 1 aromatic carbocycles. The van der Waals surface area contributed by atoms with Gasteiger partial charge in [-0.05, 0) is 24.1 Å². The number of aryl methyl sites for hydroxylation is 1. The molecule has 1 aliphatic heterocycles. The maximum absolute atomic E-state index is 11.6. The molecule has 0 spiro atoms. The summed E-state index contributed by atoms with van der Waals surface area (Å²) in [5, 5.41) is 6.99. The first-order valence-electron chi connectivity index (χ1n) is 7.46. The Bertz CT molecular complexity index is 514. The van der Waals surface area contributed by atoms with Gasteiger partial charge in [0.15, 0.2) is 0 Å². The van der Waals surface area contributed by atoms with E-state index in [4.69, 9.17) is 21.1 Å². The molecule has 1 heterocycles. The molecular weight excluding hydrogens is 339 g/mol. The number of ether oxygens (including phenoxy) is 2. The van der Waals surface area contributed by atoms with Crippen LogP contribution in [-0.4, -0.2) is 45.9 Å². The molecule has 1 fully saturated rings. The molecule has 2 N–H and O–H groups in total. The molecule has 1 amide bonds. The second-order valence-electron chi connectivity index (χ2n) is 5.50. The van der Waals surface area contributed by atoms with Crippen molar-refractivity contribution in [1.82, 2.24) is 10.6 Å². The minimum absolute atomic E-state index is 0. The van der Waals surface area contributed by atoms with E-state index in [9.17, 15) is 4.79 Å². The van der Waals surface area contributed by atoms with Crippen LogP contribution in [0.3, 0.4) is 0 Å². The topological polar surface area (TPSA) is 59.6 Å². The lowest BCUT2D eigenvalue weighted by molar-refractivity contribution is -0.125. The predicted octanol–water partition coefficient (Wildman–Crippen LogP) is 2.11. The van der Waals surface area contributed by atoms with Gasteiger partial charge < -0.3 is 20.1 Å². The van der Waals surface area contributed by atoms with Crippen LogP contribution in [0.25, 0.3) is 0 Å². The van der Waals surface area contributed by atoms with Crippen LogP contribution in [-0.2, 0) is 14.3 Å². The summed E-state index contributed by atoms with van der Waals surface area (Å²) < 4.78 is 10.8. The van der Waals surface area contributed by atoms with Crippen molar-refractivity contribution in [2.24, 2.45) is 5.92 Å². The average Bonchev–Trinajstić information content (AvgIpc) is 2.74. The van der Waals surface area contributed by atoms with E-state index in [2.05, 4.69) is 16.7 Å². The molecule has 1 aromatic rings. The molecule has 2 rings (SSSR count). The van der Waals surface area contributed by atoms with Gasteiger partial charge in [0.2, 0.25) is 5.91 Å². The maximum Gasteiger partial charge on any atom is 0.245 e. The van der Waals surface area contributed by atoms with Gasteiger partial charge in [0.05, 0.1) is 12.7 Å². The summed E-state index contributed by atoms with van der Waals surface area (Å²) in [4.78, 5) is 11.6. The van der Waals surface area contributed by atoms with Gasteiger partial charge in [0.25, 0.3) is 0 Å². The third kappa shape index (κ3) is 5.94. The van der Waals surface area contributed by atoms with Crippen LogP contribution in [0.4, 0.5) is 0 Å². The number of hydrogen-bond acceptors (Lipinski definition) is 4. The molecule has 0 aromatic heterocycles. The monoisotopic (exact) mass is 362 g/mol. The first-order valence-corrected chi connectivity index (χ1v) is 7.83. The Labute approximate surface area is 148 Å². The fraction of sp³-hybridized carbons (Fsp3) is 0.562. The van der Waals surface area contributed by atoms with Crippen molar-refractivity contribution in [3.63, 3.8) is 0 Å². The average molecular weight is 363 g/mol. The van der Waals surface area contributed by atoms with Gasteiger partial charge in [0, 0.05) is 37.7 Å². The van der Waals surface area contributed by atoms with Gasteiger partial charge in [-0.15, -0.1) is 12.4 Å². The van der Waals surface area contributed by atoms with E-state index in [0.717, 1.165) is 29.2 Å². The lowest BCUT2D eigenvalue weighted by atomic mass is 9.94. The summed E-state index contributed by atoms with van der Waals surface area (Å²) in [6, 6.07) is 5.95. The summed E-state index contributed by atoms with van der Waals surface area (Å²) in [7, 11) is 1.51. The Hall–Kier alpha value is -0.850. The molecule has 2 atom stereocenters. The van der Waals surface area contributed by atoms with Crippen LogP contribution < -0.4 is 10.6 Å². The minimum Gasteiger partial charge on any atom is -0.375 e. The van der Waals surface area contributed by atoms with Crippen LogP contribution >= 0.6 is 24.0 Å². The van der Waals surface area contributed by atoms with Crippen molar-refractivity contribution in [1.29, 1.82) is 0 Å². The largest absolute Gasteiger partial charge is 0.375 e. The van der Waals surface area contributed by atoms with E-state index in [-0.39, 0.29) is 36.9 Å². The summed E-state index contributed by atoms with van der Waals surface area (Å²) in [6.45, 7) is 4.85. The maximum atomic E-state index is 11.6. The van der Waals surface area contributed by atoms with Crippen molar-refractivity contribution >= 4 is 29.9 Å². The Kier molecular flexibility index (Phi) is 8.87. The molecule has 23 heavy (non-hydrogen) atoms. The Morgan fingerprint density at radius 3 is 3.00 bits per heavy atom. The quantitative estimate of drug-likeness (QED) is 0.841. The molecule has 5 nitrogen and oxygen atoms in total. The highest BCUT2D eigenvalue weighted by Crippen LogP contribution is 2.29. The molecule has 130 valence electrons. The zero-order chi connectivity index (χ0) is 15.9. The van der Waals surface area contributed by atoms with Crippen molar-refractivity contribution in [3.05, 3.63) is 34.3 Å². The number of benzene rings is 1. The highest BCUT2D eigenvalue weighted by molar-refractivity contribution is 6.31. The van der Waals surface area contributed by atoms with Crippen molar-refractivity contribution in [3.8, 4) is 0 Å². The Morgan fingerprint density at radius 1 is 1.52 bits per heavy atom. The molecule has 0 radical (unpaired) electrons. The molecule has 1 saturated heterocycles. The minimum atomic E-state index is -0.113. The van der Waals surface area contributed by atoms with Crippen LogP contribution in [0, 0.1) is 12.8 Å². The van der Waals surface area contributed by atoms with E-state index >= 15 is 0 Å². The van der Waals surface area contributed by atoms with E-state index in [1.165, 1.54) is 7.11 Å². The Balaban J connectivity index is 0.00000264. The predicted molar refractivity (Wildman–Crippen MR) is 93.4 cm³/mol. The molecule has 0 aliphatic carbocycles. The number of amides is 1. The number of carbonyl (C=O) groups excluding carboxylic acids is 1. The summed E-state index contributed by atoms with van der Waals surface area (Å²) in [5.41, 5.74) is 2.12. The molecule has 0 bridgehead atoms. The summed E-state index contributed by atoms with van der Waals surface area (Å²) in [6.07, 6.45) is -0.0613. The zero-order valence-corrected chi connectivity index (χ0v) is 15.0. The third-order valence-corrected chi connectivity index (χ3v) is 4.18. The van der Waals surface area contributed by atoms with Crippen LogP contribution in [0.15, 0.2) is 18.2 Å². The van der Waals surface area contributed by atoms with Gasteiger partial charge in [-0.2, -0.15) is 0 Å². The molecule has 0 saturated carbocycles. The second kappa shape index (κ2) is 10.1. The number of halogens is 2. The van der Waals surface area contributed by atoms with Crippen LogP contribution in [0.2, 0.25) is 5.02 Å². The smallest absolute Gasteiger partial charge is 0.245 e. The number of carbonyl (C=O) groups is 1. The van der Waals surface area contributed by atoms with Crippen molar-refractivity contribution < 1.29 is 14.3 Å². The lowest BCUT2D eigenvalue weighted by Gasteiger charge is -2.26. The number of methoxy groups -OCH3 is 1. The van der Waals surface area contributed by atoms with Gasteiger partial charge in [-0.25, -0.2) is 0 Å². The number of hydrogen-bond donors (Lipinski definition) is 2.